The number of rotatable bonds is 5. The molecule has 0 aromatic heterocycles. The molecule has 1 aromatic rings. The van der Waals surface area contributed by atoms with Gasteiger partial charge in [0.1, 0.15) is 11.5 Å². The van der Waals surface area contributed by atoms with Crippen LogP contribution in [0.2, 0.25) is 0 Å². The summed E-state index contributed by atoms with van der Waals surface area (Å²) in [5.74, 6) is 1.78. The first-order valence-electron chi connectivity index (χ1n) is 8.46. The highest BCUT2D eigenvalue weighted by atomic mass is 35.5. The molecule has 1 amide bonds. The number of amides is 1. The second-order valence-electron chi connectivity index (χ2n) is 6.58. The van der Waals surface area contributed by atoms with Crippen LogP contribution >= 0.6 is 12.4 Å². The molecule has 0 bridgehead atoms. The Hall–Kier alpha value is -1.46. The Balaban J connectivity index is 0.00000208. The van der Waals surface area contributed by atoms with Crippen molar-refractivity contribution in [2.45, 2.75) is 25.7 Å². The van der Waals surface area contributed by atoms with Crippen molar-refractivity contribution in [3.05, 3.63) is 24.3 Å². The van der Waals surface area contributed by atoms with E-state index in [0.717, 1.165) is 50.5 Å². The average Bonchev–Trinajstić information content (AvgIpc) is 3.04. The van der Waals surface area contributed by atoms with E-state index in [4.69, 9.17) is 9.47 Å². The maximum atomic E-state index is 12.3. The van der Waals surface area contributed by atoms with Gasteiger partial charge in [0, 0.05) is 19.6 Å². The van der Waals surface area contributed by atoms with Gasteiger partial charge in [-0.05, 0) is 55.5 Å². The van der Waals surface area contributed by atoms with Gasteiger partial charge in [-0.3, -0.25) is 4.79 Å². The summed E-state index contributed by atoms with van der Waals surface area (Å²) in [4.78, 5) is 14.3. The van der Waals surface area contributed by atoms with Crippen LogP contribution in [0.25, 0.3) is 0 Å². The van der Waals surface area contributed by atoms with Gasteiger partial charge in [0.05, 0.1) is 20.1 Å². The van der Waals surface area contributed by atoms with Gasteiger partial charge < -0.3 is 19.7 Å². The van der Waals surface area contributed by atoms with Crippen molar-refractivity contribution >= 4 is 18.3 Å². The number of benzene rings is 1. The molecule has 2 saturated heterocycles. The lowest BCUT2D eigenvalue weighted by Crippen LogP contribution is -2.44. The molecule has 2 fully saturated rings. The molecule has 134 valence electrons. The Bertz CT molecular complexity index is 520. The van der Waals surface area contributed by atoms with E-state index in [9.17, 15) is 4.79 Å². The number of methoxy groups -OCH3 is 1. The van der Waals surface area contributed by atoms with Crippen LogP contribution in [0, 0.1) is 5.41 Å². The van der Waals surface area contributed by atoms with Gasteiger partial charge in [-0.15, -0.1) is 12.4 Å². The molecular weight excluding hydrogens is 328 g/mol. The molecule has 2 heterocycles. The lowest BCUT2D eigenvalue weighted by atomic mass is 9.78. The zero-order chi connectivity index (χ0) is 16.1. The minimum absolute atomic E-state index is 0. The van der Waals surface area contributed by atoms with Gasteiger partial charge in [0.15, 0.2) is 0 Å². The average molecular weight is 355 g/mol. The van der Waals surface area contributed by atoms with Crippen LogP contribution in [0.5, 0.6) is 11.5 Å². The van der Waals surface area contributed by atoms with Crippen LogP contribution in [0.15, 0.2) is 24.3 Å². The van der Waals surface area contributed by atoms with Gasteiger partial charge >= 0.3 is 0 Å². The quantitative estimate of drug-likeness (QED) is 0.882. The molecule has 1 spiro atoms. The third kappa shape index (κ3) is 4.54. The van der Waals surface area contributed by atoms with Crippen molar-refractivity contribution in [1.82, 2.24) is 10.2 Å². The summed E-state index contributed by atoms with van der Waals surface area (Å²) in [6.45, 7) is 4.46. The number of ether oxygens (including phenoxy) is 2. The normalized spacial score (nSPS) is 19.0. The molecule has 24 heavy (non-hydrogen) atoms. The van der Waals surface area contributed by atoms with Crippen molar-refractivity contribution in [3.63, 3.8) is 0 Å². The van der Waals surface area contributed by atoms with Crippen molar-refractivity contribution in [2.75, 3.05) is 39.9 Å². The van der Waals surface area contributed by atoms with E-state index >= 15 is 0 Å². The summed E-state index contributed by atoms with van der Waals surface area (Å²) in [6.07, 6.45) is 3.96. The summed E-state index contributed by atoms with van der Waals surface area (Å²) in [6, 6.07) is 7.44. The van der Waals surface area contributed by atoms with E-state index in [2.05, 4.69) is 5.32 Å². The Labute approximate surface area is 150 Å². The van der Waals surface area contributed by atoms with Crippen LogP contribution in [0.1, 0.15) is 25.7 Å². The predicted octanol–water partition coefficient (Wildman–Crippen LogP) is 2.49. The zero-order valence-electron chi connectivity index (χ0n) is 14.3. The molecule has 2 aliphatic heterocycles. The Kier molecular flexibility index (Phi) is 6.75. The summed E-state index contributed by atoms with van der Waals surface area (Å²) in [5, 5.41) is 3.46. The monoisotopic (exact) mass is 354 g/mol. The third-order valence-corrected chi connectivity index (χ3v) is 5.15. The van der Waals surface area contributed by atoms with Gasteiger partial charge in [0.25, 0.3) is 0 Å². The van der Waals surface area contributed by atoms with E-state index in [-0.39, 0.29) is 18.3 Å². The lowest BCUT2D eigenvalue weighted by molar-refractivity contribution is -0.133. The minimum atomic E-state index is 0. The number of carbonyl (C=O) groups excluding carboxylic acids is 1. The molecule has 0 unspecified atom stereocenters. The standard InChI is InChI=1S/C18H26N2O3.ClH/c1-22-15-2-4-16(5-3-15)23-13-6-17(21)20-11-8-18(9-12-20)7-10-19-14-18;/h2-5,19H,6-14H2,1H3;1H. The molecule has 0 saturated carbocycles. The van der Waals surface area contributed by atoms with Crippen molar-refractivity contribution < 1.29 is 14.3 Å². The number of hydrogen-bond donors (Lipinski definition) is 1. The molecule has 1 aromatic carbocycles. The summed E-state index contributed by atoms with van der Waals surface area (Å²) in [5.41, 5.74) is 0.455. The number of nitrogens with one attached hydrogen (secondary N) is 1. The number of nitrogens with zero attached hydrogens (tertiary/aromatic N) is 1. The SMILES string of the molecule is COc1ccc(OCCC(=O)N2CCC3(CCNC3)CC2)cc1.Cl. The number of piperidine rings is 1. The smallest absolute Gasteiger partial charge is 0.225 e. The van der Waals surface area contributed by atoms with Crippen LogP contribution in [0.4, 0.5) is 0 Å². The molecule has 0 atom stereocenters. The number of likely N-dealkylation sites (tertiary alicyclic amines) is 1. The summed E-state index contributed by atoms with van der Waals surface area (Å²) in [7, 11) is 1.64. The van der Waals surface area contributed by atoms with Crippen molar-refractivity contribution in [3.8, 4) is 11.5 Å². The first-order valence-corrected chi connectivity index (χ1v) is 8.46. The molecule has 0 radical (unpaired) electrons. The van der Waals surface area contributed by atoms with Gasteiger partial charge in [-0.2, -0.15) is 0 Å². The third-order valence-electron chi connectivity index (χ3n) is 5.15. The van der Waals surface area contributed by atoms with E-state index in [1.807, 2.05) is 29.2 Å². The molecule has 6 heteroatoms. The molecule has 0 aliphatic carbocycles. The predicted molar refractivity (Wildman–Crippen MR) is 96.1 cm³/mol. The first kappa shape index (κ1) is 18.9. The van der Waals surface area contributed by atoms with E-state index in [1.165, 1.54) is 6.42 Å². The molecule has 3 rings (SSSR count). The van der Waals surface area contributed by atoms with Gasteiger partial charge in [-0.25, -0.2) is 0 Å². The maximum Gasteiger partial charge on any atom is 0.225 e. The second-order valence-corrected chi connectivity index (χ2v) is 6.58. The van der Waals surface area contributed by atoms with Crippen molar-refractivity contribution in [2.24, 2.45) is 5.41 Å². The summed E-state index contributed by atoms with van der Waals surface area (Å²) < 4.78 is 10.8. The topological polar surface area (TPSA) is 50.8 Å². The van der Waals surface area contributed by atoms with E-state index in [0.29, 0.717) is 18.4 Å². The maximum absolute atomic E-state index is 12.3. The van der Waals surface area contributed by atoms with Crippen LogP contribution in [-0.4, -0.2) is 50.7 Å². The van der Waals surface area contributed by atoms with Crippen LogP contribution in [-0.2, 0) is 4.79 Å². The lowest BCUT2D eigenvalue weighted by Gasteiger charge is -2.38. The van der Waals surface area contributed by atoms with Crippen LogP contribution < -0.4 is 14.8 Å². The highest BCUT2D eigenvalue weighted by molar-refractivity contribution is 5.85. The highest BCUT2D eigenvalue weighted by Crippen LogP contribution is 2.36. The molecule has 1 N–H and O–H groups in total. The Morgan fingerprint density at radius 1 is 1.17 bits per heavy atom. The fourth-order valence-electron chi connectivity index (χ4n) is 3.54. The molecular formula is C18H27ClN2O3. The Morgan fingerprint density at radius 3 is 2.42 bits per heavy atom. The summed E-state index contributed by atoms with van der Waals surface area (Å²) >= 11 is 0. The van der Waals surface area contributed by atoms with Gasteiger partial charge in [-0.1, -0.05) is 0 Å². The number of carbonyl (C=O) groups is 1. The first-order chi connectivity index (χ1) is 11.2. The highest BCUT2D eigenvalue weighted by Gasteiger charge is 2.37. The fourth-order valence-corrected chi connectivity index (χ4v) is 3.54. The van der Waals surface area contributed by atoms with Crippen LogP contribution in [0.3, 0.4) is 0 Å². The fraction of sp³-hybridized carbons (Fsp3) is 0.611. The minimum Gasteiger partial charge on any atom is -0.497 e. The van der Waals surface area contributed by atoms with Crippen molar-refractivity contribution in [1.29, 1.82) is 0 Å². The van der Waals surface area contributed by atoms with E-state index < -0.39 is 0 Å². The Morgan fingerprint density at radius 2 is 1.83 bits per heavy atom. The van der Waals surface area contributed by atoms with E-state index in [1.54, 1.807) is 7.11 Å². The second kappa shape index (κ2) is 8.58. The molecule has 5 nitrogen and oxygen atoms in total. The zero-order valence-corrected chi connectivity index (χ0v) is 15.1. The number of hydrogen-bond acceptors (Lipinski definition) is 4. The number of halogens is 1. The van der Waals surface area contributed by atoms with Gasteiger partial charge in [0.2, 0.25) is 5.91 Å². The molecule has 2 aliphatic rings. The largest absolute Gasteiger partial charge is 0.497 e.